The first kappa shape index (κ1) is 27.4. The molecule has 0 spiro atoms. The van der Waals surface area contributed by atoms with E-state index >= 15 is 0 Å². The fourth-order valence-electron chi connectivity index (χ4n) is 3.74. The van der Waals surface area contributed by atoms with Gasteiger partial charge in [-0.3, -0.25) is 6.08 Å². The number of rotatable bonds is 5. The zero-order valence-electron chi connectivity index (χ0n) is 16.4. The van der Waals surface area contributed by atoms with Crippen LogP contribution in [0.1, 0.15) is 60.8 Å². The van der Waals surface area contributed by atoms with Gasteiger partial charge in [0.2, 0.25) is 0 Å². The normalized spacial score (nSPS) is 22.3. The average Bonchev–Trinajstić information content (AvgIpc) is 2.99. The molecule has 0 aromatic carbocycles. The Morgan fingerprint density at radius 1 is 1.12 bits per heavy atom. The zero-order valence-corrected chi connectivity index (χ0v) is 19.5. The summed E-state index contributed by atoms with van der Waals surface area (Å²) in [6.45, 7) is 14.5. The van der Waals surface area contributed by atoms with Crippen molar-refractivity contribution in [2.24, 2.45) is 10.8 Å². The van der Waals surface area contributed by atoms with Crippen LogP contribution in [0.4, 0.5) is 0 Å². The molecule has 0 aromatic heterocycles. The third-order valence-corrected chi connectivity index (χ3v) is 4.98. The average molecular weight is 418 g/mol. The Labute approximate surface area is 182 Å². The Hall–Kier alpha value is 0.214. The number of hydrogen-bond donors (Lipinski definition) is 0. The van der Waals surface area contributed by atoms with Gasteiger partial charge in [-0.05, 0) is 29.2 Å². The standard InChI is InChI=1S/C21H31O.2ClH.Ti/c1-7-16-22-21(20(5,6)17-12-8-9-13-17)15-11-10-14-18(21)19(2,3)4;;;/h8,10-12,14H,7,9,15-16H2,1-6H3;2*1H;/q-1;;;+3/p-2. The minimum atomic E-state index is -0.285. The first-order valence-electron chi connectivity index (χ1n) is 8.55. The number of hydrogen-bond acceptors (Lipinski definition) is 1. The molecule has 0 amide bonds. The zero-order chi connectivity index (χ0) is 16.4. The summed E-state index contributed by atoms with van der Waals surface area (Å²) in [7, 11) is 0. The second kappa shape index (κ2) is 10.5. The summed E-state index contributed by atoms with van der Waals surface area (Å²) < 4.78 is 6.62. The molecular weight excluding hydrogens is 387 g/mol. The molecule has 2 aliphatic carbocycles. The smallest absolute Gasteiger partial charge is 1.00 e. The molecule has 0 fully saturated rings. The second-order valence-corrected chi connectivity index (χ2v) is 7.96. The van der Waals surface area contributed by atoms with Crippen molar-refractivity contribution < 1.29 is 51.3 Å². The first-order chi connectivity index (χ1) is 10.3. The Bertz CT molecular complexity index is 539. The van der Waals surface area contributed by atoms with Gasteiger partial charge < -0.3 is 29.6 Å². The van der Waals surface area contributed by atoms with Gasteiger partial charge in [-0.15, -0.1) is 6.42 Å². The monoisotopic (exact) mass is 417 g/mol. The van der Waals surface area contributed by atoms with Crippen LogP contribution < -0.4 is 24.8 Å². The van der Waals surface area contributed by atoms with Gasteiger partial charge in [-0.25, -0.2) is 11.6 Å². The maximum absolute atomic E-state index is 6.62. The van der Waals surface area contributed by atoms with Gasteiger partial charge in [0, 0.05) is 6.61 Å². The van der Waals surface area contributed by atoms with E-state index in [1.807, 2.05) is 0 Å². The fraction of sp³-hybridized carbons (Fsp3) is 0.619. The van der Waals surface area contributed by atoms with Gasteiger partial charge in [-0.1, -0.05) is 59.8 Å². The summed E-state index contributed by atoms with van der Waals surface area (Å²) in [6, 6.07) is 0. The van der Waals surface area contributed by atoms with Crippen molar-refractivity contribution in [1.29, 1.82) is 0 Å². The van der Waals surface area contributed by atoms with E-state index in [0.29, 0.717) is 0 Å². The van der Waals surface area contributed by atoms with E-state index in [0.717, 1.165) is 25.9 Å². The quantitative estimate of drug-likeness (QED) is 0.444. The minimum absolute atomic E-state index is 0. The predicted molar refractivity (Wildman–Crippen MR) is 94.6 cm³/mol. The number of ether oxygens (including phenoxy) is 1. The van der Waals surface area contributed by atoms with Gasteiger partial charge in [0.15, 0.2) is 0 Å². The van der Waals surface area contributed by atoms with E-state index in [1.165, 1.54) is 11.1 Å². The topological polar surface area (TPSA) is 9.23 Å². The van der Waals surface area contributed by atoms with Crippen LogP contribution in [0.2, 0.25) is 0 Å². The molecule has 1 nitrogen and oxygen atoms in total. The largest absolute Gasteiger partial charge is 3.00 e. The minimum Gasteiger partial charge on any atom is -1.00 e. The Balaban J connectivity index is 0. The number of halogens is 2. The van der Waals surface area contributed by atoms with Crippen molar-refractivity contribution in [3.05, 3.63) is 47.6 Å². The Morgan fingerprint density at radius 2 is 1.76 bits per heavy atom. The van der Waals surface area contributed by atoms with Crippen LogP contribution in [0.25, 0.3) is 0 Å². The molecule has 0 saturated heterocycles. The third kappa shape index (κ3) is 5.36. The van der Waals surface area contributed by atoms with Crippen LogP contribution in [-0.4, -0.2) is 12.2 Å². The summed E-state index contributed by atoms with van der Waals surface area (Å²) in [5, 5.41) is 0. The first-order valence-corrected chi connectivity index (χ1v) is 8.55. The van der Waals surface area contributed by atoms with Gasteiger partial charge >= 0.3 is 21.7 Å². The maximum atomic E-state index is 6.62. The van der Waals surface area contributed by atoms with Crippen molar-refractivity contribution in [2.45, 2.75) is 66.4 Å². The van der Waals surface area contributed by atoms with Gasteiger partial charge in [0.05, 0.1) is 5.60 Å². The predicted octanol–water partition coefficient (Wildman–Crippen LogP) is -0.195. The molecule has 1 atom stereocenters. The van der Waals surface area contributed by atoms with Crippen LogP contribution in [0.3, 0.4) is 0 Å². The van der Waals surface area contributed by atoms with Crippen LogP contribution in [0.15, 0.2) is 41.5 Å². The molecule has 0 aliphatic heterocycles. The van der Waals surface area contributed by atoms with E-state index < -0.39 is 0 Å². The molecule has 25 heavy (non-hydrogen) atoms. The van der Waals surface area contributed by atoms with E-state index in [1.54, 1.807) is 0 Å². The van der Waals surface area contributed by atoms with Gasteiger partial charge in [-0.2, -0.15) is 6.08 Å². The van der Waals surface area contributed by atoms with Gasteiger partial charge in [0.25, 0.3) is 0 Å². The molecule has 139 valence electrons. The molecule has 4 heteroatoms. The fourth-order valence-corrected chi connectivity index (χ4v) is 3.74. The molecular formula is C21H31Cl2OTi. The summed E-state index contributed by atoms with van der Waals surface area (Å²) in [6.07, 6.45) is 17.6. The molecule has 2 aliphatic rings. The van der Waals surface area contributed by atoms with Crippen LogP contribution >= 0.6 is 0 Å². The summed E-state index contributed by atoms with van der Waals surface area (Å²) in [4.78, 5) is 0. The van der Waals surface area contributed by atoms with E-state index in [2.05, 4.69) is 78.0 Å². The maximum Gasteiger partial charge on any atom is 3.00 e. The summed E-state index contributed by atoms with van der Waals surface area (Å²) >= 11 is 0. The second-order valence-electron chi connectivity index (χ2n) is 7.96. The Morgan fingerprint density at radius 3 is 2.24 bits per heavy atom. The van der Waals surface area contributed by atoms with Crippen molar-refractivity contribution in [3.8, 4) is 0 Å². The van der Waals surface area contributed by atoms with Crippen molar-refractivity contribution in [2.75, 3.05) is 6.61 Å². The summed E-state index contributed by atoms with van der Waals surface area (Å²) in [5.41, 5.74) is 2.38. The van der Waals surface area contributed by atoms with Crippen LogP contribution in [0.5, 0.6) is 0 Å². The SMILES string of the molecule is CCCOC1(C(C)(C)C2=[C-]CC=C2)CC=CC=C1C(C)(C)C.[Cl-].[Cl-].[Ti+3]. The van der Waals surface area contributed by atoms with E-state index in [-0.39, 0.29) is 63.0 Å². The van der Waals surface area contributed by atoms with Gasteiger partial charge in [0.1, 0.15) is 0 Å². The van der Waals surface area contributed by atoms with Crippen molar-refractivity contribution in [1.82, 2.24) is 0 Å². The molecule has 0 N–H and O–H groups in total. The molecule has 1 radical (unpaired) electrons. The molecule has 0 saturated carbocycles. The molecule has 1 unspecified atom stereocenters. The van der Waals surface area contributed by atoms with E-state index in [9.17, 15) is 0 Å². The molecule has 0 bridgehead atoms. The Kier molecular flexibility index (Phi) is 11.5. The molecule has 0 aromatic rings. The third-order valence-electron chi connectivity index (χ3n) is 4.98. The van der Waals surface area contributed by atoms with Crippen molar-refractivity contribution >= 4 is 0 Å². The molecule has 0 heterocycles. The van der Waals surface area contributed by atoms with Crippen LogP contribution in [0, 0.1) is 16.9 Å². The van der Waals surface area contributed by atoms with Crippen LogP contribution in [-0.2, 0) is 26.5 Å². The number of allylic oxidation sites excluding steroid dienone is 5. The molecule has 2 rings (SSSR count). The van der Waals surface area contributed by atoms with Crippen molar-refractivity contribution in [3.63, 3.8) is 0 Å². The van der Waals surface area contributed by atoms with E-state index in [4.69, 9.17) is 4.74 Å². The summed E-state index contributed by atoms with van der Waals surface area (Å²) in [5.74, 6) is 0.